The first-order chi connectivity index (χ1) is 9.61. The van der Waals surface area contributed by atoms with Crippen LogP contribution in [0.3, 0.4) is 0 Å². The third-order valence-corrected chi connectivity index (χ3v) is 2.82. The zero-order chi connectivity index (χ0) is 14.5. The maximum Gasteiger partial charge on any atom is 0.185 e. The van der Waals surface area contributed by atoms with E-state index in [0.29, 0.717) is 5.56 Å². The van der Waals surface area contributed by atoms with E-state index in [9.17, 15) is 13.6 Å². The molecule has 0 unspecified atom stereocenters. The first-order valence-electron chi connectivity index (χ1n) is 6.01. The number of benzene rings is 2. The minimum absolute atomic E-state index is 0.237. The largest absolute Gasteiger partial charge is 0.289 e. The molecule has 0 atom stereocenters. The third-order valence-electron chi connectivity index (χ3n) is 2.82. The van der Waals surface area contributed by atoms with Gasteiger partial charge in [-0.2, -0.15) is 0 Å². The van der Waals surface area contributed by atoms with Crippen LogP contribution in [0.5, 0.6) is 0 Å². The second kappa shape index (κ2) is 6.06. The molecule has 0 amide bonds. The average molecular weight is 270 g/mol. The predicted octanol–water partition coefficient (Wildman–Crippen LogP) is 4.50. The number of carbonyl (C=O) groups is 1. The third kappa shape index (κ3) is 3.06. The highest BCUT2D eigenvalue weighted by Gasteiger charge is 2.05. The fourth-order valence-corrected chi connectivity index (χ4v) is 1.72. The number of hydrogen-bond donors (Lipinski definition) is 0. The van der Waals surface area contributed by atoms with Crippen molar-refractivity contribution in [3.63, 3.8) is 0 Å². The molecule has 3 heteroatoms. The molecule has 0 saturated heterocycles. The number of rotatable bonds is 4. The van der Waals surface area contributed by atoms with Crippen molar-refractivity contribution in [3.8, 4) is 0 Å². The molecule has 0 fully saturated rings. The normalized spacial score (nSPS) is 10.7. The average Bonchev–Trinajstić information content (AvgIpc) is 2.46. The summed E-state index contributed by atoms with van der Waals surface area (Å²) in [5, 5.41) is 0. The van der Waals surface area contributed by atoms with E-state index in [-0.39, 0.29) is 22.7 Å². The molecule has 0 radical (unpaired) electrons. The van der Waals surface area contributed by atoms with Crippen LogP contribution in [0.15, 0.2) is 55.1 Å². The van der Waals surface area contributed by atoms with Gasteiger partial charge in [0, 0.05) is 16.7 Å². The van der Waals surface area contributed by atoms with Crippen LogP contribution in [0, 0.1) is 11.6 Å². The highest BCUT2D eigenvalue weighted by atomic mass is 19.1. The lowest BCUT2D eigenvalue weighted by Gasteiger charge is -2.01. The standard InChI is InChI=1S/C17H12F2O/c1-2-17(20)14-10-9-13(16(19)11-14)8-7-12-5-3-4-6-15(12)18/h2-11H,1H2/b8-7+. The highest BCUT2D eigenvalue weighted by Crippen LogP contribution is 2.16. The minimum atomic E-state index is -0.537. The zero-order valence-electron chi connectivity index (χ0n) is 10.6. The Kier molecular flexibility index (Phi) is 4.20. The summed E-state index contributed by atoms with van der Waals surface area (Å²) in [7, 11) is 0. The summed E-state index contributed by atoms with van der Waals surface area (Å²) in [6.45, 7) is 3.35. The number of halogens is 2. The van der Waals surface area contributed by atoms with Crippen LogP contribution >= 0.6 is 0 Å². The summed E-state index contributed by atoms with van der Waals surface area (Å²) in [6.07, 6.45) is 4.09. The van der Waals surface area contributed by atoms with Crippen molar-refractivity contribution in [3.05, 3.63) is 83.4 Å². The minimum Gasteiger partial charge on any atom is -0.289 e. The molecule has 0 aliphatic carbocycles. The predicted molar refractivity (Wildman–Crippen MR) is 76.3 cm³/mol. The second-order valence-corrected chi connectivity index (χ2v) is 4.16. The Balaban J connectivity index is 2.29. The van der Waals surface area contributed by atoms with Crippen molar-refractivity contribution < 1.29 is 13.6 Å². The van der Waals surface area contributed by atoms with Crippen LogP contribution < -0.4 is 0 Å². The lowest BCUT2D eigenvalue weighted by Crippen LogP contribution is -1.95. The van der Waals surface area contributed by atoms with Crippen LogP contribution in [-0.2, 0) is 0 Å². The van der Waals surface area contributed by atoms with Gasteiger partial charge >= 0.3 is 0 Å². The van der Waals surface area contributed by atoms with E-state index >= 15 is 0 Å². The molecular weight excluding hydrogens is 258 g/mol. The first-order valence-corrected chi connectivity index (χ1v) is 6.01. The molecule has 20 heavy (non-hydrogen) atoms. The zero-order valence-corrected chi connectivity index (χ0v) is 10.6. The van der Waals surface area contributed by atoms with Crippen molar-refractivity contribution >= 4 is 17.9 Å². The summed E-state index contributed by atoms with van der Waals surface area (Å²) in [6, 6.07) is 10.3. The Morgan fingerprint density at radius 1 is 0.950 bits per heavy atom. The molecule has 0 N–H and O–H groups in total. The van der Waals surface area contributed by atoms with Crippen molar-refractivity contribution in [2.75, 3.05) is 0 Å². The Hall–Kier alpha value is -2.55. The molecule has 0 aliphatic heterocycles. The van der Waals surface area contributed by atoms with Gasteiger partial charge in [-0.05, 0) is 18.2 Å². The van der Waals surface area contributed by atoms with Gasteiger partial charge in [-0.3, -0.25) is 4.79 Å². The molecular formula is C17H12F2O. The smallest absolute Gasteiger partial charge is 0.185 e. The lowest BCUT2D eigenvalue weighted by atomic mass is 10.1. The first kappa shape index (κ1) is 13.9. The molecule has 2 rings (SSSR count). The molecule has 2 aromatic carbocycles. The topological polar surface area (TPSA) is 17.1 Å². The van der Waals surface area contributed by atoms with Crippen LogP contribution in [0.1, 0.15) is 21.5 Å². The van der Waals surface area contributed by atoms with E-state index in [2.05, 4.69) is 6.58 Å². The molecule has 0 aromatic heterocycles. The number of hydrogen-bond acceptors (Lipinski definition) is 1. The maximum atomic E-state index is 13.8. The molecule has 0 aliphatic rings. The van der Waals surface area contributed by atoms with E-state index in [4.69, 9.17) is 0 Å². The van der Waals surface area contributed by atoms with Crippen molar-refractivity contribution in [1.29, 1.82) is 0 Å². The number of carbonyl (C=O) groups excluding carboxylic acids is 1. The molecule has 0 saturated carbocycles. The van der Waals surface area contributed by atoms with E-state index in [1.165, 1.54) is 30.4 Å². The Morgan fingerprint density at radius 2 is 1.60 bits per heavy atom. The van der Waals surface area contributed by atoms with Gasteiger partial charge in [0.1, 0.15) is 11.6 Å². The molecule has 100 valence electrons. The van der Waals surface area contributed by atoms with Crippen molar-refractivity contribution in [1.82, 2.24) is 0 Å². The molecule has 0 spiro atoms. The van der Waals surface area contributed by atoms with Gasteiger partial charge in [-0.1, -0.05) is 49.1 Å². The fraction of sp³-hybridized carbons (Fsp3) is 0. The SMILES string of the molecule is C=CC(=O)c1ccc(/C=C/c2ccccc2F)c(F)c1. The molecule has 0 bridgehead atoms. The van der Waals surface area contributed by atoms with E-state index in [0.717, 1.165) is 12.1 Å². The maximum absolute atomic E-state index is 13.8. The quantitative estimate of drug-likeness (QED) is 0.454. The lowest BCUT2D eigenvalue weighted by molar-refractivity contribution is 0.104. The van der Waals surface area contributed by atoms with Gasteiger partial charge in [0.05, 0.1) is 0 Å². The van der Waals surface area contributed by atoms with Gasteiger partial charge in [0.2, 0.25) is 0 Å². The highest BCUT2D eigenvalue weighted by molar-refractivity contribution is 6.04. The van der Waals surface area contributed by atoms with Crippen LogP contribution in [-0.4, -0.2) is 5.78 Å². The Bertz CT molecular complexity index is 687. The summed E-state index contributed by atoms with van der Waals surface area (Å²) < 4.78 is 27.2. The summed E-state index contributed by atoms with van der Waals surface area (Å²) >= 11 is 0. The van der Waals surface area contributed by atoms with Crippen LogP contribution in [0.2, 0.25) is 0 Å². The van der Waals surface area contributed by atoms with Crippen LogP contribution in [0.4, 0.5) is 8.78 Å². The number of ketones is 1. The van der Waals surface area contributed by atoms with Crippen molar-refractivity contribution in [2.45, 2.75) is 0 Å². The van der Waals surface area contributed by atoms with Gasteiger partial charge in [-0.25, -0.2) is 8.78 Å². The van der Waals surface area contributed by atoms with Gasteiger partial charge in [-0.15, -0.1) is 0 Å². The van der Waals surface area contributed by atoms with Gasteiger partial charge in [0.25, 0.3) is 0 Å². The van der Waals surface area contributed by atoms with Gasteiger partial charge in [0.15, 0.2) is 5.78 Å². The molecule has 0 heterocycles. The van der Waals surface area contributed by atoms with E-state index in [1.54, 1.807) is 18.2 Å². The van der Waals surface area contributed by atoms with Gasteiger partial charge < -0.3 is 0 Å². The van der Waals surface area contributed by atoms with Crippen LogP contribution in [0.25, 0.3) is 12.2 Å². The van der Waals surface area contributed by atoms with E-state index < -0.39 is 5.82 Å². The van der Waals surface area contributed by atoms with E-state index in [1.807, 2.05) is 0 Å². The fourth-order valence-electron chi connectivity index (χ4n) is 1.72. The Labute approximate surface area is 115 Å². The number of allylic oxidation sites excluding steroid dienone is 1. The molecule has 2 aromatic rings. The Morgan fingerprint density at radius 3 is 2.20 bits per heavy atom. The monoisotopic (exact) mass is 270 g/mol. The summed E-state index contributed by atoms with van der Waals surface area (Å²) in [5.74, 6) is -1.25. The van der Waals surface area contributed by atoms with Crippen molar-refractivity contribution in [2.24, 2.45) is 0 Å². The summed E-state index contributed by atoms with van der Waals surface area (Å²) in [5.41, 5.74) is 0.896. The summed E-state index contributed by atoms with van der Waals surface area (Å²) in [4.78, 5) is 11.3. The second-order valence-electron chi connectivity index (χ2n) is 4.16. The molecule has 1 nitrogen and oxygen atoms in total.